The highest BCUT2D eigenvalue weighted by atomic mass is 19.4. The molecule has 1 heterocycles. The molecule has 0 aromatic carbocycles. The third kappa shape index (κ3) is 4.99. The Bertz CT molecular complexity index is 383. The van der Waals surface area contributed by atoms with Crippen molar-refractivity contribution in [2.45, 2.75) is 38.5 Å². The van der Waals surface area contributed by atoms with E-state index in [1.54, 1.807) is 13.8 Å². The zero-order valence-corrected chi connectivity index (χ0v) is 11.5. The van der Waals surface area contributed by atoms with Crippen LogP contribution in [0, 0.1) is 5.92 Å². The Labute approximate surface area is 115 Å². The van der Waals surface area contributed by atoms with Crippen LogP contribution >= 0.6 is 0 Å². The van der Waals surface area contributed by atoms with Gasteiger partial charge in [-0.1, -0.05) is 6.92 Å². The third-order valence-corrected chi connectivity index (χ3v) is 3.36. The van der Waals surface area contributed by atoms with Gasteiger partial charge in [-0.25, -0.2) is 0 Å². The maximum atomic E-state index is 12.2. The first-order valence-electron chi connectivity index (χ1n) is 6.38. The molecule has 2 unspecified atom stereocenters. The fraction of sp³-hybridized carbons (Fsp3) is 0.833. The number of halogens is 3. The molecule has 5 nitrogen and oxygen atoms in total. The molecule has 2 atom stereocenters. The fourth-order valence-electron chi connectivity index (χ4n) is 1.86. The van der Waals surface area contributed by atoms with Crippen molar-refractivity contribution in [3.05, 3.63) is 0 Å². The number of rotatable bonds is 5. The van der Waals surface area contributed by atoms with Gasteiger partial charge in [-0.3, -0.25) is 9.59 Å². The molecule has 0 spiro atoms. The molecule has 0 aromatic heterocycles. The molecule has 0 bridgehead atoms. The minimum atomic E-state index is -4.47. The number of carbonyl (C=O) groups is 2. The van der Waals surface area contributed by atoms with Gasteiger partial charge in [0.2, 0.25) is 11.8 Å². The average molecular weight is 296 g/mol. The van der Waals surface area contributed by atoms with E-state index in [-0.39, 0.29) is 19.5 Å². The zero-order chi connectivity index (χ0) is 15.6. The van der Waals surface area contributed by atoms with Crippen LogP contribution in [-0.2, 0) is 9.59 Å². The Morgan fingerprint density at radius 3 is 2.60 bits per heavy atom. The van der Waals surface area contributed by atoms with Gasteiger partial charge in [0, 0.05) is 19.5 Å². The van der Waals surface area contributed by atoms with Crippen molar-refractivity contribution in [3.63, 3.8) is 0 Å². The van der Waals surface area contributed by atoms with Crippen LogP contribution in [0.5, 0.6) is 0 Å². The molecule has 0 aromatic rings. The Morgan fingerprint density at radius 1 is 1.50 bits per heavy atom. The van der Waals surface area contributed by atoms with Crippen LogP contribution in [0.15, 0.2) is 0 Å². The summed E-state index contributed by atoms with van der Waals surface area (Å²) >= 11 is 0. The van der Waals surface area contributed by atoms with Gasteiger partial charge in [-0.2, -0.15) is 13.2 Å². The number of carbonyl (C=O) groups excluding carboxylic acids is 2. The molecule has 116 valence electrons. The summed E-state index contributed by atoms with van der Waals surface area (Å²) in [5.74, 6) is -1.97. The number of aliphatic hydroxyl groups is 1. The second kappa shape index (κ2) is 5.99. The highest BCUT2D eigenvalue weighted by molar-refractivity contribution is 5.89. The molecule has 8 heteroatoms. The Hall–Kier alpha value is -1.31. The minimum Gasteiger partial charge on any atom is -0.388 e. The quantitative estimate of drug-likeness (QED) is 0.783. The van der Waals surface area contributed by atoms with Crippen LogP contribution in [0.2, 0.25) is 0 Å². The number of hydrogen-bond acceptors (Lipinski definition) is 3. The number of nitrogens with one attached hydrogen (secondary N) is 1. The van der Waals surface area contributed by atoms with Crippen LogP contribution in [-0.4, -0.2) is 53.2 Å². The first-order chi connectivity index (χ1) is 9.04. The normalized spacial score (nSPS) is 22.8. The molecule has 0 saturated carbocycles. The maximum absolute atomic E-state index is 12.2. The summed E-state index contributed by atoms with van der Waals surface area (Å²) in [4.78, 5) is 23.8. The summed E-state index contributed by atoms with van der Waals surface area (Å²) < 4.78 is 36.7. The lowest BCUT2D eigenvalue weighted by atomic mass is 10.0. The van der Waals surface area contributed by atoms with E-state index in [0.717, 1.165) is 0 Å². The largest absolute Gasteiger partial charge is 0.406 e. The minimum absolute atomic E-state index is 0.00624. The van der Waals surface area contributed by atoms with Gasteiger partial charge >= 0.3 is 6.18 Å². The maximum Gasteiger partial charge on any atom is 0.406 e. The lowest BCUT2D eigenvalue weighted by Gasteiger charge is -2.23. The second-order valence-corrected chi connectivity index (χ2v) is 5.36. The topological polar surface area (TPSA) is 69.6 Å². The molecular weight excluding hydrogens is 277 g/mol. The number of amides is 2. The Kier molecular flexibility index (Phi) is 5.01. The molecule has 2 N–H and O–H groups in total. The highest BCUT2D eigenvalue weighted by Gasteiger charge is 2.40. The van der Waals surface area contributed by atoms with Crippen molar-refractivity contribution in [1.29, 1.82) is 0 Å². The number of nitrogens with zero attached hydrogens (tertiary/aromatic N) is 1. The molecule has 1 aliphatic heterocycles. The van der Waals surface area contributed by atoms with Crippen LogP contribution in [0.3, 0.4) is 0 Å². The van der Waals surface area contributed by atoms with E-state index in [0.29, 0.717) is 11.3 Å². The van der Waals surface area contributed by atoms with E-state index in [1.807, 2.05) is 0 Å². The van der Waals surface area contributed by atoms with Gasteiger partial charge in [0.1, 0.15) is 6.54 Å². The molecule has 1 saturated heterocycles. The van der Waals surface area contributed by atoms with Gasteiger partial charge < -0.3 is 15.3 Å². The van der Waals surface area contributed by atoms with Gasteiger partial charge in [0.15, 0.2) is 0 Å². The summed E-state index contributed by atoms with van der Waals surface area (Å²) in [6.07, 6.45) is -4.26. The van der Waals surface area contributed by atoms with E-state index in [9.17, 15) is 27.9 Å². The zero-order valence-electron chi connectivity index (χ0n) is 11.5. The summed E-state index contributed by atoms with van der Waals surface area (Å²) in [6.45, 7) is 1.73. The molecule has 0 radical (unpaired) electrons. The molecule has 1 rings (SSSR count). The predicted molar refractivity (Wildman–Crippen MR) is 64.7 cm³/mol. The molecule has 0 aliphatic carbocycles. The van der Waals surface area contributed by atoms with Crippen molar-refractivity contribution < 1.29 is 27.9 Å². The monoisotopic (exact) mass is 296 g/mol. The van der Waals surface area contributed by atoms with Crippen molar-refractivity contribution in [2.24, 2.45) is 5.92 Å². The number of alkyl halides is 3. The van der Waals surface area contributed by atoms with Crippen molar-refractivity contribution >= 4 is 11.8 Å². The number of hydrogen-bond donors (Lipinski definition) is 2. The van der Waals surface area contributed by atoms with E-state index in [1.165, 1.54) is 0 Å². The molecule has 1 fully saturated rings. The first kappa shape index (κ1) is 16.7. The Morgan fingerprint density at radius 2 is 2.10 bits per heavy atom. The standard InChI is InChI=1S/C12H19F3N2O3/c1-3-11(2,20)6-16-10(19)8-4-9(18)17(5-8)7-12(13,14)15/h8,20H,3-7H2,1-2H3,(H,16,19). The van der Waals surface area contributed by atoms with Crippen LogP contribution in [0.25, 0.3) is 0 Å². The molecule has 1 aliphatic rings. The van der Waals surface area contributed by atoms with E-state index < -0.39 is 36.1 Å². The van der Waals surface area contributed by atoms with Crippen molar-refractivity contribution in [1.82, 2.24) is 10.2 Å². The number of likely N-dealkylation sites (tertiary alicyclic amines) is 1. The van der Waals surface area contributed by atoms with Gasteiger partial charge in [0.05, 0.1) is 11.5 Å². The van der Waals surface area contributed by atoms with E-state index in [2.05, 4.69) is 5.32 Å². The average Bonchev–Trinajstić information content (AvgIpc) is 2.66. The predicted octanol–water partition coefficient (Wildman–Crippen LogP) is 0.674. The molecular formula is C12H19F3N2O3. The smallest absolute Gasteiger partial charge is 0.388 e. The fourth-order valence-corrected chi connectivity index (χ4v) is 1.86. The summed E-state index contributed by atoms with van der Waals surface area (Å²) in [5.41, 5.74) is -1.07. The molecule has 2 amide bonds. The van der Waals surface area contributed by atoms with Gasteiger partial charge in [-0.15, -0.1) is 0 Å². The molecule has 20 heavy (non-hydrogen) atoms. The van der Waals surface area contributed by atoms with Gasteiger partial charge in [0.25, 0.3) is 0 Å². The first-order valence-corrected chi connectivity index (χ1v) is 6.38. The summed E-state index contributed by atoms with van der Waals surface area (Å²) in [7, 11) is 0. The SMILES string of the molecule is CCC(C)(O)CNC(=O)C1CC(=O)N(CC(F)(F)F)C1. The van der Waals surface area contributed by atoms with Gasteiger partial charge in [-0.05, 0) is 13.3 Å². The summed E-state index contributed by atoms with van der Waals surface area (Å²) in [6, 6.07) is 0. The second-order valence-electron chi connectivity index (χ2n) is 5.36. The Balaban J connectivity index is 2.50. The third-order valence-electron chi connectivity index (χ3n) is 3.36. The van der Waals surface area contributed by atoms with Crippen LogP contribution < -0.4 is 5.32 Å². The highest BCUT2D eigenvalue weighted by Crippen LogP contribution is 2.24. The lowest BCUT2D eigenvalue weighted by Crippen LogP contribution is -2.43. The van der Waals surface area contributed by atoms with Crippen molar-refractivity contribution in [3.8, 4) is 0 Å². The van der Waals surface area contributed by atoms with E-state index in [4.69, 9.17) is 0 Å². The summed E-state index contributed by atoms with van der Waals surface area (Å²) in [5, 5.41) is 12.2. The van der Waals surface area contributed by atoms with Crippen molar-refractivity contribution in [2.75, 3.05) is 19.6 Å². The van der Waals surface area contributed by atoms with E-state index >= 15 is 0 Å². The van der Waals surface area contributed by atoms with Crippen LogP contribution in [0.4, 0.5) is 13.2 Å². The van der Waals surface area contributed by atoms with Crippen LogP contribution in [0.1, 0.15) is 26.7 Å². The lowest BCUT2D eigenvalue weighted by molar-refractivity contribution is -0.157.